The molecule has 0 radical (unpaired) electrons. The van der Waals surface area contributed by atoms with Crippen LogP contribution in [0.2, 0.25) is 0 Å². The Hall–Kier alpha value is -2.41. The number of aliphatic hydroxyl groups is 1. The molecule has 0 aromatic carbocycles. The lowest BCUT2D eigenvalue weighted by Gasteiger charge is -2.17. The molecule has 2 aromatic heterocycles. The van der Waals surface area contributed by atoms with E-state index in [1.54, 1.807) is 23.0 Å². The van der Waals surface area contributed by atoms with Gasteiger partial charge in [-0.15, -0.1) is 0 Å². The first-order valence-electron chi connectivity index (χ1n) is 7.22. The van der Waals surface area contributed by atoms with Crippen LogP contribution >= 0.6 is 0 Å². The Bertz CT molecular complexity index is 704. The topological polar surface area (TPSA) is 100 Å². The third-order valence-corrected chi connectivity index (χ3v) is 3.96. The quantitative estimate of drug-likeness (QED) is 0.709. The van der Waals surface area contributed by atoms with Crippen molar-refractivity contribution in [3.8, 4) is 0 Å². The highest BCUT2D eigenvalue weighted by Crippen LogP contribution is 2.47. The average Bonchev–Trinajstić information content (AvgIpc) is 3.11. The van der Waals surface area contributed by atoms with Gasteiger partial charge in [0.1, 0.15) is 6.10 Å². The van der Waals surface area contributed by atoms with Crippen LogP contribution in [0.3, 0.4) is 0 Å². The summed E-state index contributed by atoms with van der Waals surface area (Å²) < 4.78 is 1.75. The first kappa shape index (κ1) is 14.5. The number of pyridine rings is 1. The Morgan fingerprint density at radius 2 is 2.27 bits per heavy atom. The number of hydrogen-bond acceptors (Lipinski definition) is 4. The molecule has 1 aliphatic carbocycles. The zero-order chi connectivity index (χ0) is 15.6. The van der Waals surface area contributed by atoms with Gasteiger partial charge in [0.05, 0.1) is 12.0 Å². The first-order chi connectivity index (χ1) is 10.6. The van der Waals surface area contributed by atoms with E-state index in [0.717, 1.165) is 12.8 Å². The van der Waals surface area contributed by atoms with Gasteiger partial charge >= 0.3 is 0 Å². The number of hydrogen-bond donors (Lipinski definition) is 3. The van der Waals surface area contributed by atoms with Crippen molar-refractivity contribution in [3.63, 3.8) is 0 Å². The number of amides is 1. The summed E-state index contributed by atoms with van der Waals surface area (Å²) in [5, 5.41) is 16.9. The van der Waals surface area contributed by atoms with E-state index < -0.39 is 11.5 Å². The Labute approximate surface area is 127 Å². The second-order valence-electron chi connectivity index (χ2n) is 5.68. The molecule has 1 amide bonds. The summed E-state index contributed by atoms with van der Waals surface area (Å²) in [5.41, 5.74) is -0.305. The van der Waals surface area contributed by atoms with Crippen LogP contribution in [0.5, 0.6) is 0 Å². The van der Waals surface area contributed by atoms with Gasteiger partial charge in [-0.2, -0.15) is 5.10 Å². The van der Waals surface area contributed by atoms with Crippen molar-refractivity contribution in [2.24, 2.45) is 5.41 Å². The molecule has 0 bridgehead atoms. The zero-order valence-electron chi connectivity index (χ0n) is 12.0. The molecule has 7 heteroatoms. The molecule has 3 N–H and O–H groups in total. The van der Waals surface area contributed by atoms with Crippen LogP contribution in [0.1, 0.15) is 24.6 Å². The largest absolute Gasteiger partial charge is 0.385 e. The summed E-state index contributed by atoms with van der Waals surface area (Å²) in [6, 6.07) is 6.38. The number of nitrogens with one attached hydrogen (secondary N) is 2. The van der Waals surface area contributed by atoms with Gasteiger partial charge in [-0.25, -0.2) is 0 Å². The van der Waals surface area contributed by atoms with Crippen LogP contribution in [0.4, 0.5) is 0 Å². The molecule has 1 atom stereocenters. The summed E-state index contributed by atoms with van der Waals surface area (Å²) in [6.45, 7) is 0.615. The molecule has 7 nitrogen and oxygen atoms in total. The number of carbonyl (C=O) groups is 1. The normalized spacial score (nSPS) is 17.0. The van der Waals surface area contributed by atoms with Gasteiger partial charge in [0.15, 0.2) is 0 Å². The van der Waals surface area contributed by atoms with Gasteiger partial charge in [-0.05, 0) is 25.0 Å². The van der Waals surface area contributed by atoms with Crippen LogP contribution in [-0.4, -0.2) is 32.3 Å². The molecule has 1 fully saturated rings. The fraction of sp³-hybridized carbons (Fsp3) is 0.400. The van der Waals surface area contributed by atoms with Gasteiger partial charge in [0.25, 0.3) is 0 Å². The lowest BCUT2D eigenvalue weighted by Crippen LogP contribution is -2.37. The number of carbonyl (C=O) groups excluding carboxylic acids is 1. The molecule has 2 heterocycles. The van der Waals surface area contributed by atoms with E-state index in [4.69, 9.17) is 0 Å². The predicted octanol–water partition coefficient (Wildman–Crippen LogP) is 0.201. The van der Waals surface area contributed by atoms with Crippen molar-refractivity contribution in [1.82, 2.24) is 20.1 Å². The van der Waals surface area contributed by atoms with Crippen LogP contribution in [0.15, 0.2) is 41.5 Å². The van der Waals surface area contributed by atoms with Crippen molar-refractivity contribution >= 4 is 5.91 Å². The second kappa shape index (κ2) is 5.76. The molecule has 116 valence electrons. The number of aromatic nitrogens is 3. The number of nitrogens with zero attached hydrogens (tertiary/aromatic N) is 2. The molecule has 1 saturated carbocycles. The van der Waals surface area contributed by atoms with Crippen LogP contribution in [-0.2, 0) is 11.3 Å². The summed E-state index contributed by atoms with van der Waals surface area (Å²) in [7, 11) is 0. The minimum atomic E-state index is -0.932. The maximum atomic E-state index is 12.3. The lowest BCUT2D eigenvalue weighted by atomic mass is 10.1. The number of rotatable bonds is 6. The molecule has 1 unspecified atom stereocenters. The second-order valence-corrected chi connectivity index (χ2v) is 5.68. The van der Waals surface area contributed by atoms with Crippen molar-refractivity contribution in [3.05, 3.63) is 52.7 Å². The molecule has 22 heavy (non-hydrogen) atoms. The standard InChI is InChI=1S/C15H18N4O3/c20-12(11-3-1-4-13(21)18-11)9-16-14(22)15(5-6-15)10-19-8-2-7-17-19/h1-4,7-8,12,20H,5-6,9-10H2,(H,16,22)(H,18,21). The van der Waals surface area contributed by atoms with Crippen molar-refractivity contribution < 1.29 is 9.90 Å². The van der Waals surface area contributed by atoms with E-state index in [2.05, 4.69) is 15.4 Å². The molecule has 2 aromatic rings. The molecule has 0 saturated heterocycles. The van der Waals surface area contributed by atoms with Crippen LogP contribution in [0.25, 0.3) is 0 Å². The highest BCUT2D eigenvalue weighted by atomic mass is 16.3. The minimum Gasteiger partial charge on any atom is -0.385 e. The Morgan fingerprint density at radius 1 is 1.45 bits per heavy atom. The highest BCUT2D eigenvalue weighted by Gasteiger charge is 2.50. The smallest absolute Gasteiger partial charge is 0.248 e. The average molecular weight is 302 g/mol. The van der Waals surface area contributed by atoms with E-state index in [9.17, 15) is 14.7 Å². The van der Waals surface area contributed by atoms with Crippen molar-refractivity contribution in [1.29, 1.82) is 0 Å². The van der Waals surface area contributed by atoms with Gasteiger partial charge < -0.3 is 15.4 Å². The Kier molecular flexibility index (Phi) is 3.81. The Morgan fingerprint density at radius 3 is 2.91 bits per heavy atom. The SMILES string of the molecule is O=C(NCC(O)c1cccc(=O)[nH]1)C1(Cn2cccn2)CC1. The minimum absolute atomic E-state index is 0.0691. The van der Waals surface area contributed by atoms with Gasteiger partial charge in [-0.3, -0.25) is 14.3 Å². The summed E-state index contributed by atoms with van der Waals surface area (Å²) in [5.74, 6) is -0.0830. The van der Waals surface area contributed by atoms with E-state index >= 15 is 0 Å². The third kappa shape index (κ3) is 3.09. The van der Waals surface area contributed by atoms with E-state index in [0.29, 0.717) is 12.2 Å². The third-order valence-electron chi connectivity index (χ3n) is 3.96. The number of aromatic amines is 1. The Balaban J connectivity index is 1.57. The van der Waals surface area contributed by atoms with Crippen LogP contribution in [0, 0.1) is 5.41 Å². The highest BCUT2D eigenvalue weighted by molar-refractivity contribution is 5.85. The summed E-state index contributed by atoms with van der Waals surface area (Å²) in [6.07, 6.45) is 4.22. The van der Waals surface area contributed by atoms with Crippen LogP contribution < -0.4 is 10.9 Å². The van der Waals surface area contributed by atoms with Gasteiger partial charge in [0, 0.05) is 30.7 Å². The van der Waals surface area contributed by atoms with Crippen molar-refractivity contribution in [2.75, 3.05) is 6.54 Å². The first-order valence-corrected chi connectivity index (χ1v) is 7.22. The van der Waals surface area contributed by atoms with E-state index in [-0.39, 0.29) is 18.0 Å². The molecule has 1 aliphatic rings. The van der Waals surface area contributed by atoms with Gasteiger partial charge in [-0.1, -0.05) is 6.07 Å². The molecular formula is C15H18N4O3. The number of aliphatic hydroxyl groups excluding tert-OH is 1. The van der Waals surface area contributed by atoms with Crippen molar-refractivity contribution in [2.45, 2.75) is 25.5 Å². The lowest BCUT2D eigenvalue weighted by molar-refractivity contribution is -0.127. The van der Waals surface area contributed by atoms with E-state index in [1.807, 2.05) is 12.3 Å². The number of H-pyrrole nitrogens is 1. The van der Waals surface area contributed by atoms with Gasteiger partial charge in [0.2, 0.25) is 11.5 Å². The fourth-order valence-electron chi connectivity index (χ4n) is 2.46. The predicted molar refractivity (Wildman–Crippen MR) is 78.9 cm³/mol. The summed E-state index contributed by atoms with van der Waals surface area (Å²) in [4.78, 5) is 26.1. The summed E-state index contributed by atoms with van der Waals surface area (Å²) >= 11 is 0. The maximum Gasteiger partial charge on any atom is 0.248 e. The zero-order valence-corrected chi connectivity index (χ0v) is 12.0. The molecule has 3 rings (SSSR count). The fourth-order valence-corrected chi connectivity index (χ4v) is 2.46. The monoisotopic (exact) mass is 302 g/mol. The maximum absolute atomic E-state index is 12.3. The molecule has 0 aliphatic heterocycles. The molecule has 0 spiro atoms. The van der Waals surface area contributed by atoms with E-state index in [1.165, 1.54) is 6.07 Å². The molecular weight excluding hydrogens is 284 g/mol.